The lowest BCUT2D eigenvalue weighted by Crippen LogP contribution is -2.15. The van der Waals surface area contributed by atoms with Crippen LogP contribution in [0.2, 0.25) is 0 Å². The molecule has 4 rings (SSSR count). The molecule has 0 fully saturated rings. The van der Waals surface area contributed by atoms with Gasteiger partial charge in [0.25, 0.3) is 0 Å². The smallest absolute Gasteiger partial charge is 0.163 e. The predicted octanol–water partition coefficient (Wildman–Crippen LogP) is 4.08. The standard InChI is InChI=1S/C18H16BrN5O2/c19-11-2-1-3-12(8-11)23-17-16(20)18(22-10-21-17)24-13-4-5-14-15(9-13)26-7-6-25-14/h1-5,8-10H,6-7,20H2,(H2,21,22,23,24). The summed E-state index contributed by atoms with van der Waals surface area (Å²) in [7, 11) is 0. The molecular formula is C18H16BrN5O2. The van der Waals surface area contributed by atoms with Gasteiger partial charge < -0.3 is 25.8 Å². The number of benzene rings is 2. The Hall–Kier alpha value is -3.00. The quantitative estimate of drug-likeness (QED) is 0.592. The Kier molecular flexibility index (Phi) is 4.49. The van der Waals surface area contributed by atoms with Crippen LogP contribution in [0.5, 0.6) is 11.5 Å². The minimum absolute atomic E-state index is 0.419. The first kappa shape index (κ1) is 16.5. The third-order valence-corrected chi connectivity index (χ3v) is 4.27. The molecule has 0 amide bonds. The molecule has 4 N–H and O–H groups in total. The average Bonchev–Trinajstić information content (AvgIpc) is 2.65. The van der Waals surface area contributed by atoms with Gasteiger partial charge >= 0.3 is 0 Å². The lowest BCUT2D eigenvalue weighted by atomic mass is 10.2. The largest absolute Gasteiger partial charge is 0.486 e. The van der Waals surface area contributed by atoms with Crippen molar-refractivity contribution in [3.8, 4) is 11.5 Å². The summed E-state index contributed by atoms with van der Waals surface area (Å²) in [5.41, 5.74) is 8.33. The number of aromatic nitrogens is 2. The van der Waals surface area contributed by atoms with Gasteiger partial charge in [0.15, 0.2) is 23.1 Å². The molecule has 7 nitrogen and oxygen atoms in total. The van der Waals surface area contributed by atoms with Crippen LogP contribution < -0.4 is 25.8 Å². The van der Waals surface area contributed by atoms with E-state index in [1.54, 1.807) is 0 Å². The molecule has 0 saturated carbocycles. The number of nitrogen functional groups attached to an aromatic ring is 1. The molecular weight excluding hydrogens is 398 g/mol. The minimum Gasteiger partial charge on any atom is -0.486 e. The zero-order chi connectivity index (χ0) is 17.9. The van der Waals surface area contributed by atoms with Crippen LogP contribution in [0.1, 0.15) is 0 Å². The zero-order valence-electron chi connectivity index (χ0n) is 13.7. The molecule has 0 radical (unpaired) electrons. The van der Waals surface area contributed by atoms with E-state index in [2.05, 4.69) is 36.5 Å². The van der Waals surface area contributed by atoms with Crippen LogP contribution in [0.4, 0.5) is 28.7 Å². The summed E-state index contributed by atoms with van der Waals surface area (Å²) in [6.45, 7) is 1.09. The van der Waals surface area contributed by atoms with Crippen molar-refractivity contribution in [1.29, 1.82) is 0 Å². The Balaban J connectivity index is 1.57. The summed E-state index contributed by atoms with van der Waals surface area (Å²) in [6, 6.07) is 13.3. The number of nitrogens with zero attached hydrogens (tertiary/aromatic N) is 2. The summed E-state index contributed by atoms with van der Waals surface area (Å²) in [4.78, 5) is 8.47. The lowest BCUT2D eigenvalue weighted by molar-refractivity contribution is 0.171. The SMILES string of the molecule is Nc1c(Nc2cccc(Br)c2)ncnc1Nc1ccc2c(c1)OCCO2. The number of ether oxygens (including phenoxy) is 2. The van der Waals surface area contributed by atoms with E-state index in [1.807, 2.05) is 42.5 Å². The van der Waals surface area contributed by atoms with Gasteiger partial charge in [-0.3, -0.25) is 0 Å². The molecule has 8 heteroatoms. The van der Waals surface area contributed by atoms with Crippen LogP contribution in [-0.2, 0) is 0 Å². The molecule has 2 aromatic carbocycles. The number of nitrogens with one attached hydrogen (secondary N) is 2. The van der Waals surface area contributed by atoms with Crippen molar-refractivity contribution in [2.75, 3.05) is 29.6 Å². The summed E-state index contributed by atoms with van der Waals surface area (Å²) in [6.07, 6.45) is 1.46. The summed E-state index contributed by atoms with van der Waals surface area (Å²) in [5, 5.41) is 6.40. The second-order valence-electron chi connectivity index (χ2n) is 5.60. The number of fused-ring (bicyclic) bond motifs is 1. The monoisotopic (exact) mass is 413 g/mol. The van der Waals surface area contributed by atoms with E-state index in [0.717, 1.165) is 21.6 Å². The molecule has 0 aliphatic carbocycles. The van der Waals surface area contributed by atoms with Gasteiger partial charge in [-0.2, -0.15) is 0 Å². The van der Waals surface area contributed by atoms with Crippen molar-refractivity contribution in [1.82, 2.24) is 9.97 Å². The second-order valence-corrected chi connectivity index (χ2v) is 6.52. The van der Waals surface area contributed by atoms with Crippen molar-refractivity contribution in [3.63, 3.8) is 0 Å². The normalized spacial score (nSPS) is 12.5. The van der Waals surface area contributed by atoms with Crippen LogP contribution in [-0.4, -0.2) is 23.2 Å². The molecule has 0 atom stereocenters. The third kappa shape index (κ3) is 3.50. The first-order valence-electron chi connectivity index (χ1n) is 7.99. The minimum atomic E-state index is 0.419. The van der Waals surface area contributed by atoms with Crippen LogP contribution in [0.25, 0.3) is 0 Å². The molecule has 1 aliphatic heterocycles. The van der Waals surface area contributed by atoms with Gasteiger partial charge in [0.2, 0.25) is 0 Å². The maximum absolute atomic E-state index is 6.24. The second kappa shape index (κ2) is 7.09. The summed E-state index contributed by atoms with van der Waals surface area (Å²) < 4.78 is 12.1. The van der Waals surface area contributed by atoms with Crippen molar-refractivity contribution in [3.05, 3.63) is 53.3 Å². The summed E-state index contributed by atoms with van der Waals surface area (Å²) >= 11 is 3.44. The van der Waals surface area contributed by atoms with Gasteiger partial charge in [-0.05, 0) is 30.3 Å². The Bertz CT molecular complexity index is 951. The molecule has 0 unspecified atom stereocenters. The van der Waals surface area contributed by atoms with Gasteiger partial charge in [0.1, 0.15) is 25.2 Å². The van der Waals surface area contributed by atoms with Crippen LogP contribution in [0, 0.1) is 0 Å². The number of hydrogen-bond acceptors (Lipinski definition) is 7. The van der Waals surface area contributed by atoms with E-state index in [4.69, 9.17) is 15.2 Å². The Morgan fingerprint density at radius 1 is 0.885 bits per heavy atom. The maximum atomic E-state index is 6.24. The zero-order valence-corrected chi connectivity index (χ0v) is 15.3. The Labute approximate surface area is 158 Å². The highest BCUT2D eigenvalue weighted by molar-refractivity contribution is 9.10. The number of rotatable bonds is 4. The predicted molar refractivity (Wildman–Crippen MR) is 105 cm³/mol. The molecule has 2 heterocycles. The van der Waals surface area contributed by atoms with Gasteiger partial charge in [0.05, 0.1) is 0 Å². The van der Waals surface area contributed by atoms with Crippen LogP contribution >= 0.6 is 15.9 Å². The first-order chi connectivity index (χ1) is 12.7. The molecule has 1 aromatic heterocycles. The van der Waals surface area contributed by atoms with E-state index >= 15 is 0 Å². The Morgan fingerprint density at radius 3 is 2.31 bits per heavy atom. The van der Waals surface area contributed by atoms with Gasteiger partial charge in [-0.1, -0.05) is 22.0 Å². The fraction of sp³-hybridized carbons (Fsp3) is 0.111. The molecule has 0 saturated heterocycles. The van der Waals surface area contributed by atoms with E-state index in [-0.39, 0.29) is 0 Å². The van der Waals surface area contributed by atoms with Crippen molar-refractivity contribution in [2.45, 2.75) is 0 Å². The number of hydrogen-bond donors (Lipinski definition) is 3. The first-order valence-corrected chi connectivity index (χ1v) is 8.78. The highest BCUT2D eigenvalue weighted by Gasteiger charge is 2.13. The Morgan fingerprint density at radius 2 is 1.58 bits per heavy atom. The molecule has 0 bridgehead atoms. The molecule has 3 aromatic rings. The van der Waals surface area contributed by atoms with Crippen molar-refractivity contribution < 1.29 is 9.47 Å². The lowest BCUT2D eigenvalue weighted by Gasteiger charge is -2.19. The molecule has 132 valence electrons. The number of anilines is 5. The fourth-order valence-corrected chi connectivity index (χ4v) is 2.95. The van der Waals surface area contributed by atoms with Gasteiger partial charge in [0, 0.05) is 21.9 Å². The topological polar surface area (TPSA) is 94.3 Å². The average molecular weight is 414 g/mol. The van der Waals surface area contributed by atoms with Crippen molar-refractivity contribution >= 4 is 44.6 Å². The van der Waals surface area contributed by atoms with Crippen LogP contribution in [0.15, 0.2) is 53.3 Å². The van der Waals surface area contributed by atoms with E-state index in [0.29, 0.717) is 36.3 Å². The van der Waals surface area contributed by atoms with Crippen molar-refractivity contribution in [2.24, 2.45) is 0 Å². The van der Waals surface area contributed by atoms with Crippen LogP contribution in [0.3, 0.4) is 0 Å². The van der Waals surface area contributed by atoms with Gasteiger partial charge in [-0.25, -0.2) is 9.97 Å². The maximum Gasteiger partial charge on any atom is 0.163 e. The summed E-state index contributed by atoms with van der Waals surface area (Å²) in [5.74, 6) is 2.46. The molecule has 0 spiro atoms. The molecule has 1 aliphatic rings. The number of halogens is 1. The number of nitrogens with two attached hydrogens (primary N) is 1. The van der Waals surface area contributed by atoms with Gasteiger partial charge in [-0.15, -0.1) is 0 Å². The van der Waals surface area contributed by atoms with E-state index in [9.17, 15) is 0 Å². The molecule has 26 heavy (non-hydrogen) atoms. The highest BCUT2D eigenvalue weighted by Crippen LogP contribution is 2.35. The highest BCUT2D eigenvalue weighted by atomic mass is 79.9. The van der Waals surface area contributed by atoms with E-state index < -0.39 is 0 Å². The van der Waals surface area contributed by atoms with E-state index in [1.165, 1.54) is 6.33 Å². The fourth-order valence-electron chi connectivity index (χ4n) is 2.56. The third-order valence-electron chi connectivity index (χ3n) is 3.78.